The van der Waals surface area contributed by atoms with Crippen LogP contribution in [0.1, 0.15) is 0 Å². The van der Waals surface area contributed by atoms with Gasteiger partial charge in [0.15, 0.2) is 0 Å². The Morgan fingerprint density at radius 3 is 2.60 bits per heavy atom. The van der Waals surface area contributed by atoms with Gasteiger partial charge in [-0.1, -0.05) is 24.2 Å². The highest BCUT2D eigenvalue weighted by molar-refractivity contribution is 6.35. The van der Waals surface area contributed by atoms with Gasteiger partial charge in [0.2, 0.25) is 0 Å². The van der Waals surface area contributed by atoms with Crippen LogP contribution in [0, 0.1) is 0 Å². The second-order valence-corrected chi connectivity index (χ2v) is 1.80. The predicted molar refractivity (Wildman–Crippen MR) is 43.0 cm³/mol. The van der Waals surface area contributed by atoms with Crippen LogP contribution in [0.25, 0.3) is 0 Å². The van der Waals surface area contributed by atoms with Crippen molar-refractivity contribution < 1.29 is 4.65 Å². The molecule has 0 aromatic heterocycles. The Morgan fingerprint density at radius 1 is 1.30 bits per heavy atom. The van der Waals surface area contributed by atoms with E-state index in [1.54, 1.807) is 13.5 Å². The largest absolute Gasteiger partial charge is 0.558 e. The quantitative estimate of drug-likeness (QED) is 0.568. The van der Waals surface area contributed by atoms with Crippen LogP contribution < -0.4 is 4.65 Å². The number of para-hydroxylation sites is 1. The van der Waals surface area contributed by atoms with Crippen LogP contribution in [0.2, 0.25) is 0 Å². The first-order valence-corrected chi connectivity index (χ1v) is 3.09. The smallest absolute Gasteiger partial charge is 0.400 e. The van der Waals surface area contributed by atoms with Gasteiger partial charge in [-0.15, -0.1) is 6.58 Å². The highest BCUT2D eigenvalue weighted by Gasteiger charge is 1.87. The van der Waals surface area contributed by atoms with E-state index in [4.69, 9.17) is 4.65 Å². The summed E-state index contributed by atoms with van der Waals surface area (Å²) in [7, 11) is 1.55. The Hall–Kier alpha value is -1.18. The molecule has 1 nitrogen and oxygen atoms in total. The fourth-order valence-corrected chi connectivity index (χ4v) is 0.626. The maximum atomic E-state index is 5.11. The first-order chi connectivity index (χ1) is 4.93. The third kappa shape index (κ3) is 1.98. The van der Waals surface area contributed by atoms with Crippen molar-refractivity contribution in [3.63, 3.8) is 0 Å². The normalized spacial score (nSPS) is 8.40. The molecule has 0 aliphatic rings. The Kier molecular flexibility index (Phi) is 2.62. The van der Waals surface area contributed by atoms with Crippen LogP contribution in [0.5, 0.6) is 5.75 Å². The molecule has 0 N–H and O–H groups in total. The van der Waals surface area contributed by atoms with Gasteiger partial charge < -0.3 is 4.65 Å². The van der Waals surface area contributed by atoms with E-state index in [0.29, 0.717) is 0 Å². The second kappa shape index (κ2) is 3.78. The van der Waals surface area contributed by atoms with Crippen LogP contribution in [0.3, 0.4) is 0 Å². The van der Waals surface area contributed by atoms with Crippen LogP contribution in [0.15, 0.2) is 42.9 Å². The van der Waals surface area contributed by atoms with Crippen LogP contribution in [0.4, 0.5) is 0 Å². The van der Waals surface area contributed by atoms with Gasteiger partial charge >= 0.3 is 7.48 Å². The number of hydrogen-bond donors (Lipinski definition) is 0. The molecule has 0 aliphatic heterocycles. The molecular weight excluding hydrogens is 123 g/mol. The molecule has 10 heavy (non-hydrogen) atoms. The van der Waals surface area contributed by atoms with Crippen molar-refractivity contribution in [3.05, 3.63) is 42.9 Å². The van der Waals surface area contributed by atoms with Crippen molar-refractivity contribution >= 4 is 7.48 Å². The van der Waals surface area contributed by atoms with Crippen LogP contribution in [-0.2, 0) is 0 Å². The van der Waals surface area contributed by atoms with Crippen molar-refractivity contribution in [2.24, 2.45) is 0 Å². The Balaban J connectivity index is 2.50. The lowest BCUT2D eigenvalue weighted by Gasteiger charge is -1.99. The monoisotopic (exact) mass is 131 g/mol. The van der Waals surface area contributed by atoms with Crippen LogP contribution in [-0.4, -0.2) is 7.48 Å². The van der Waals surface area contributed by atoms with E-state index < -0.39 is 0 Å². The molecular formula is C8H8BO. The zero-order valence-electron chi connectivity index (χ0n) is 5.66. The third-order valence-electron chi connectivity index (χ3n) is 1.04. The topological polar surface area (TPSA) is 9.23 Å². The molecule has 0 spiro atoms. The molecule has 1 rings (SSSR count). The van der Waals surface area contributed by atoms with E-state index >= 15 is 0 Å². The zero-order chi connectivity index (χ0) is 7.23. The molecule has 0 saturated carbocycles. The molecule has 0 heterocycles. The number of rotatable bonds is 3. The van der Waals surface area contributed by atoms with E-state index in [-0.39, 0.29) is 0 Å². The maximum Gasteiger partial charge on any atom is 0.400 e. The number of hydrogen-bond acceptors (Lipinski definition) is 1. The summed E-state index contributed by atoms with van der Waals surface area (Å²) >= 11 is 0. The average molecular weight is 131 g/mol. The maximum absolute atomic E-state index is 5.11. The van der Waals surface area contributed by atoms with E-state index in [0.717, 1.165) is 5.75 Å². The summed E-state index contributed by atoms with van der Waals surface area (Å²) in [5, 5.41) is 0. The van der Waals surface area contributed by atoms with Gasteiger partial charge in [-0.2, -0.15) is 0 Å². The molecule has 0 unspecified atom stereocenters. The first-order valence-electron chi connectivity index (χ1n) is 3.09. The molecule has 1 radical (unpaired) electrons. The van der Waals surface area contributed by atoms with Gasteiger partial charge in [0, 0.05) is 0 Å². The summed E-state index contributed by atoms with van der Waals surface area (Å²) in [4.78, 5) is 0. The molecule has 0 bridgehead atoms. The van der Waals surface area contributed by atoms with Crippen molar-refractivity contribution in [2.75, 3.05) is 0 Å². The summed E-state index contributed by atoms with van der Waals surface area (Å²) in [6, 6.07) is 9.57. The standard InChI is InChI=1S/C8H8BO/c1-2-9-10-8-6-4-3-5-7-8/h2-7H,1H2. The molecule has 0 amide bonds. The summed E-state index contributed by atoms with van der Waals surface area (Å²) in [6.45, 7) is 3.50. The average Bonchev–Trinajstić information content (AvgIpc) is 2.03. The molecule has 49 valence electrons. The van der Waals surface area contributed by atoms with E-state index in [9.17, 15) is 0 Å². The van der Waals surface area contributed by atoms with Crippen molar-refractivity contribution in [1.82, 2.24) is 0 Å². The van der Waals surface area contributed by atoms with E-state index in [1.807, 2.05) is 30.3 Å². The van der Waals surface area contributed by atoms with Gasteiger partial charge in [0.25, 0.3) is 0 Å². The fourth-order valence-electron chi connectivity index (χ4n) is 0.626. The SMILES string of the molecule is C=C[B]Oc1ccccc1. The van der Waals surface area contributed by atoms with Crippen LogP contribution >= 0.6 is 0 Å². The molecule has 0 fully saturated rings. The minimum absolute atomic E-state index is 0.836. The van der Waals surface area contributed by atoms with Gasteiger partial charge in [-0.3, -0.25) is 0 Å². The minimum atomic E-state index is 0.836. The van der Waals surface area contributed by atoms with Crippen molar-refractivity contribution in [2.45, 2.75) is 0 Å². The lowest BCUT2D eigenvalue weighted by molar-refractivity contribution is 0.604. The van der Waals surface area contributed by atoms with Gasteiger partial charge in [0.1, 0.15) is 0 Å². The molecule has 0 aliphatic carbocycles. The third-order valence-corrected chi connectivity index (χ3v) is 1.04. The summed E-state index contributed by atoms with van der Waals surface area (Å²) in [5.41, 5.74) is 0. The second-order valence-electron chi connectivity index (χ2n) is 1.80. The first kappa shape index (κ1) is 6.94. The lowest BCUT2D eigenvalue weighted by atomic mass is 10.0. The minimum Gasteiger partial charge on any atom is -0.558 e. The number of benzene rings is 1. The zero-order valence-corrected chi connectivity index (χ0v) is 5.66. The molecule has 1 aromatic carbocycles. The molecule has 0 saturated heterocycles. The van der Waals surface area contributed by atoms with Crippen molar-refractivity contribution in [1.29, 1.82) is 0 Å². The van der Waals surface area contributed by atoms with Gasteiger partial charge in [0.05, 0.1) is 5.75 Å². The Bertz CT molecular complexity index is 196. The molecule has 0 atom stereocenters. The fraction of sp³-hybridized carbons (Fsp3) is 0. The summed E-state index contributed by atoms with van der Waals surface area (Å²) < 4.78 is 5.11. The highest BCUT2D eigenvalue weighted by Crippen LogP contribution is 2.06. The van der Waals surface area contributed by atoms with Crippen molar-refractivity contribution in [3.8, 4) is 5.75 Å². The Morgan fingerprint density at radius 2 is 2.00 bits per heavy atom. The molecule has 2 heteroatoms. The van der Waals surface area contributed by atoms with Gasteiger partial charge in [-0.05, 0) is 12.1 Å². The van der Waals surface area contributed by atoms with E-state index in [2.05, 4.69) is 6.58 Å². The summed E-state index contributed by atoms with van der Waals surface area (Å²) in [6.07, 6.45) is 0. The Labute approximate surface area is 61.6 Å². The van der Waals surface area contributed by atoms with E-state index in [1.165, 1.54) is 0 Å². The predicted octanol–water partition coefficient (Wildman–Crippen LogP) is 1.83. The lowest BCUT2D eigenvalue weighted by Crippen LogP contribution is -1.96. The highest BCUT2D eigenvalue weighted by atomic mass is 16.4. The molecule has 1 aromatic rings. The summed E-state index contributed by atoms with van der Waals surface area (Å²) in [5.74, 6) is 2.44. The van der Waals surface area contributed by atoms with Gasteiger partial charge in [-0.25, -0.2) is 0 Å².